The minimum atomic E-state index is -0.634. The zero-order valence-corrected chi connectivity index (χ0v) is 16.1. The molecule has 3 heterocycles. The number of fused-ring (bicyclic) bond motifs is 3. The van der Waals surface area contributed by atoms with E-state index in [9.17, 15) is 14.4 Å². The van der Waals surface area contributed by atoms with Gasteiger partial charge in [0.1, 0.15) is 6.54 Å². The van der Waals surface area contributed by atoms with Crippen LogP contribution in [0.15, 0.2) is 33.9 Å². The lowest BCUT2D eigenvalue weighted by Gasteiger charge is -2.15. The van der Waals surface area contributed by atoms with Gasteiger partial charge >= 0.3 is 11.7 Å². The maximum absolute atomic E-state index is 13.0. The maximum atomic E-state index is 13.0. The summed E-state index contributed by atoms with van der Waals surface area (Å²) < 4.78 is 8.82. The molecule has 0 N–H and O–H groups in total. The number of carbonyl (C=O) groups excluding carboxylic acids is 1. The van der Waals surface area contributed by atoms with Crippen molar-refractivity contribution in [1.82, 2.24) is 18.7 Å². The number of esters is 1. The van der Waals surface area contributed by atoms with E-state index in [0.29, 0.717) is 24.1 Å². The molecule has 9 nitrogen and oxygen atoms in total. The number of benzene rings is 1. The summed E-state index contributed by atoms with van der Waals surface area (Å²) in [4.78, 5) is 43.9. The highest BCUT2D eigenvalue weighted by atomic mass is 35.5. The summed E-state index contributed by atoms with van der Waals surface area (Å²) in [5.74, 6) is -0.0664. The van der Waals surface area contributed by atoms with Gasteiger partial charge in [0.15, 0.2) is 11.2 Å². The Hall–Kier alpha value is -3.07. The Balaban J connectivity index is 1.87. The fourth-order valence-electron chi connectivity index (χ4n) is 3.42. The molecule has 0 radical (unpaired) electrons. The van der Waals surface area contributed by atoms with Gasteiger partial charge in [-0.2, -0.15) is 4.98 Å². The lowest BCUT2D eigenvalue weighted by molar-refractivity contribution is -0.143. The van der Waals surface area contributed by atoms with Gasteiger partial charge in [-0.3, -0.25) is 14.2 Å². The van der Waals surface area contributed by atoms with Crippen molar-refractivity contribution in [1.29, 1.82) is 0 Å². The Labute approximate surface area is 164 Å². The highest BCUT2D eigenvalue weighted by molar-refractivity contribution is 6.30. The Morgan fingerprint density at radius 3 is 2.61 bits per heavy atom. The number of carbonyl (C=O) groups is 1. The van der Waals surface area contributed by atoms with E-state index in [-0.39, 0.29) is 17.8 Å². The van der Waals surface area contributed by atoms with Gasteiger partial charge in [-0.25, -0.2) is 9.36 Å². The third kappa shape index (κ3) is 2.78. The van der Waals surface area contributed by atoms with E-state index in [2.05, 4.69) is 4.98 Å². The fourth-order valence-corrected chi connectivity index (χ4v) is 3.54. The van der Waals surface area contributed by atoms with Crippen LogP contribution in [0, 0.1) is 0 Å². The summed E-state index contributed by atoms with van der Waals surface area (Å²) in [5.41, 5.74) is 0.292. The number of ether oxygens (including phenoxy) is 1. The van der Waals surface area contributed by atoms with E-state index < -0.39 is 23.8 Å². The number of rotatable bonds is 4. The van der Waals surface area contributed by atoms with E-state index in [4.69, 9.17) is 16.3 Å². The molecule has 1 aliphatic heterocycles. The molecule has 3 aromatic rings. The zero-order chi connectivity index (χ0) is 20.0. The van der Waals surface area contributed by atoms with Crippen molar-refractivity contribution in [3.8, 4) is 0 Å². The van der Waals surface area contributed by atoms with Crippen LogP contribution in [0.5, 0.6) is 0 Å². The molecule has 0 bridgehead atoms. The number of nitrogens with zero attached hydrogens (tertiary/aromatic N) is 5. The van der Waals surface area contributed by atoms with Crippen LogP contribution in [-0.4, -0.2) is 37.8 Å². The minimum absolute atomic E-state index is 0.175. The third-order valence-electron chi connectivity index (χ3n) is 4.73. The molecule has 0 saturated heterocycles. The first-order valence-electron chi connectivity index (χ1n) is 8.81. The molecule has 4 rings (SSSR count). The SMILES string of the molecule is CCOC(=O)Cn1c(=O)c2c(nc3n2CCN3c2ccc(Cl)cc2)n(C)c1=O. The number of halogens is 1. The van der Waals surface area contributed by atoms with Gasteiger partial charge in [0, 0.05) is 30.8 Å². The van der Waals surface area contributed by atoms with Crippen LogP contribution in [0.1, 0.15) is 6.92 Å². The summed E-state index contributed by atoms with van der Waals surface area (Å²) in [5, 5.41) is 0.626. The van der Waals surface area contributed by atoms with E-state index in [0.717, 1.165) is 10.3 Å². The molecule has 1 aliphatic rings. The number of hydrogen-bond acceptors (Lipinski definition) is 6. The highest BCUT2D eigenvalue weighted by Gasteiger charge is 2.29. The van der Waals surface area contributed by atoms with Gasteiger partial charge in [0.25, 0.3) is 5.56 Å². The molecule has 146 valence electrons. The fraction of sp³-hybridized carbons (Fsp3) is 0.333. The molecular weight excluding hydrogens is 386 g/mol. The van der Waals surface area contributed by atoms with E-state index >= 15 is 0 Å². The quantitative estimate of drug-likeness (QED) is 0.609. The summed E-state index contributed by atoms with van der Waals surface area (Å²) in [6, 6.07) is 7.30. The van der Waals surface area contributed by atoms with Gasteiger partial charge in [0.05, 0.1) is 6.61 Å². The van der Waals surface area contributed by atoms with Crippen molar-refractivity contribution < 1.29 is 9.53 Å². The van der Waals surface area contributed by atoms with Crippen molar-refractivity contribution in [2.45, 2.75) is 20.0 Å². The minimum Gasteiger partial charge on any atom is -0.465 e. The number of anilines is 2. The van der Waals surface area contributed by atoms with Crippen LogP contribution in [0.25, 0.3) is 11.2 Å². The monoisotopic (exact) mass is 403 g/mol. The van der Waals surface area contributed by atoms with E-state index in [1.54, 1.807) is 23.6 Å². The van der Waals surface area contributed by atoms with Crippen LogP contribution in [0.3, 0.4) is 0 Å². The lowest BCUT2D eigenvalue weighted by atomic mass is 10.3. The number of hydrogen-bond donors (Lipinski definition) is 0. The second-order valence-electron chi connectivity index (χ2n) is 6.40. The Morgan fingerprint density at radius 2 is 1.93 bits per heavy atom. The first-order valence-corrected chi connectivity index (χ1v) is 9.19. The molecule has 0 spiro atoms. The molecular formula is C18H18ClN5O4. The number of aromatic nitrogens is 4. The molecule has 0 atom stereocenters. The average Bonchev–Trinajstić information content (AvgIpc) is 3.24. The van der Waals surface area contributed by atoms with Gasteiger partial charge < -0.3 is 14.2 Å². The van der Waals surface area contributed by atoms with Crippen LogP contribution >= 0.6 is 11.6 Å². The second-order valence-corrected chi connectivity index (χ2v) is 6.84. The second kappa shape index (κ2) is 6.83. The van der Waals surface area contributed by atoms with Gasteiger partial charge in [-0.05, 0) is 31.2 Å². The van der Waals surface area contributed by atoms with Crippen molar-refractivity contribution in [3.05, 3.63) is 50.1 Å². The van der Waals surface area contributed by atoms with E-state index in [1.807, 2.05) is 17.0 Å². The largest absolute Gasteiger partial charge is 0.465 e. The van der Waals surface area contributed by atoms with Crippen LogP contribution < -0.4 is 16.1 Å². The molecule has 0 unspecified atom stereocenters. The maximum Gasteiger partial charge on any atom is 0.333 e. The van der Waals surface area contributed by atoms with Gasteiger partial charge in [-0.15, -0.1) is 0 Å². The molecule has 28 heavy (non-hydrogen) atoms. The molecule has 0 aliphatic carbocycles. The molecule has 0 fully saturated rings. The average molecular weight is 404 g/mol. The summed E-state index contributed by atoms with van der Waals surface area (Å²) in [6.07, 6.45) is 0. The molecule has 0 amide bonds. The Bertz CT molecular complexity index is 1190. The number of imidazole rings is 1. The molecule has 2 aromatic heterocycles. The van der Waals surface area contributed by atoms with Crippen molar-refractivity contribution in [2.24, 2.45) is 7.05 Å². The zero-order valence-electron chi connectivity index (χ0n) is 15.4. The highest BCUT2D eigenvalue weighted by Crippen LogP contribution is 2.32. The van der Waals surface area contributed by atoms with Crippen molar-refractivity contribution in [3.63, 3.8) is 0 Å². The van der Waals surface area contributed by atoms with Gasteiger partial charge in [0.2, 0.25) is 5.95 Å². The summed E-state index contributed by atoms with van der Waals surface area (Å²) in [6.45, 7) is 2.56. The van der Waals surface area contributed by atoms with Crippen LogP contribution in [0.4, 0.5) is 11.6 Å². The summed E-state index contributed by atoms with van der Waals surface area (Å²) in [7, 11) is 1.53. The third-order valence-corrected chi connectivity index (χ3v) is 4.98. The smallest absolute Gasteiger partial charge is 0.333 e. The Morgan fingerprint density at radius 1 is 1.21 bits per heavy atom. The predicted octanol–water partition coefficient (Wildman–Crippen LogP) is 1.26. The Kier molecular flexibility index (Phi) is 4.46. The van der Waals surface area contributed by atoms with E-state index in [1.165, 1.54) is 11.6 Å². The topological polar surface area (TPSA) is 91.4 Å². The lowest BCUT2D eigenvalue weighted by Crippen LogP contribution is -2.41. The van der Waals surface area contributed by atoms with Crippen LogP contribution in [-0.2, 0) is 29.7 Å². The number of aryl methyl sites for hydroxylation is 1. The first-order chi connectivity index (χ1) is 13.4. The molecule has 10 heteroatoms. The van der Waals surface area contributed by atoms with Crippen molar-refractivity contribution in [2.75, 3.05) is 18.1 Å². The standard InChI is InChI=1S/C18H18ClN5O4/c1-3-28-13(25)10-24-16(26)14-15(21(2)18(24)27)20-17-22(8-9-23(14)17)12-6-4-11(19)5-7-12/h4-7H,3,8-10H2,1-2H3. The van der Waals surface area contributed by atoms with Gasteiger partial charge in [-0.1, -0.05) is 11.6 Å². The normalized spacial score (nSPS) is 13.2. The van der Waals surface area contributed by atoms with Crippen LogP contribution in [0.2, 0.25) is 5.02 Å². The summed E-state index contributed by atoms with van der Waals surface area (Å²) >= 11 is 5.96. The molecule has 0 saturated carbocycles. The molecule has 1 aromatic carbocycles. The first kappa shape index (κ1) is 18.3. The predicted molar refractivity (Wildman–Crippen MR) is 104 cm³/mol. The van der Waals surface area contributed by atoms with Crippen molar-refractivity contribution >= 4 is 40.4 Å².